The van der Waals surface area contributed by atoms with Gasteiger partial charge in [-0.15, -0.1) is 0 Å². The molecule has 0 fully saturated rings. The smallest absolute Gasteiger partial charge is 0.350 e. The Morgan fingerprint density at radius 1 is 1.00 bits per heavy atom. The normalized spacial score (nSPS) is 12.7. The second kappa shape index (κ2) is 9.32. The summed E-state index contributed by atoms with van der Waals surface area (Å²) in [4.78, 5) is 16.6. The molecule has 0 radical (unpaired) electrons. The third kappa shape index (κ3) is 5.93. The highest BCUT2D eigenvalue weighted by Gasteiger charge is 2.30. The number of carbonyl (C=O) groups is 1. The van der Waals surface area contributed by atoms with Crippen LogP contribution in [0.2, 0.25) is 0 Å². The third-order valence-corrected chi connectivity index (χ3v) is 4.99. The number of hydrogen-bond donors (Lipinski definition) is 1. The van der Waals surface area contributed by atoms with Gasteiger partial charge in [0.2, 0.25) is 17.6 Å². The molecular weight excluding hydrogens is 407 g/mol. The zero-order chi connectivity index (χ0) is 22.6. The van der Waals surface area contributed by atoms with Gasteiger partial charge in [-0.1, -0.05) is 55.4 Å². The second-order valence-electron chi connectivity index (χ2n) is 7.70. The van der Waals surface area contributed by atoms with Crippen molar-refractivity contribution in [2.45, 2.75) is 51.7 Å². The van der Waals surface area contributed by atoms with Gasteiger partial charge in [0.25, 0.3) is 0 Å². The predicted octanol–water partition coefficient (Wildman–Crippen LogP) is 5.69. The van der Waals surface area contributed by atoms with Crippen molar-refractivity contribution in [1.29, 1.82) is 0 Å². The van der Waals surface area contributed by atoms with Crippen LogP contribution in [-0.2, 0) is 17.4 Å². The molecule has 164 valence electrons. The number of aryl methyl sites for hydroxylation is 1. The number of rotatable bonds is 7. The Bertz CT molecular complexity index is 1010. The second-order valence-corrected chi connectivity index (χ2v) is 7.70. The molecule has 2 aromatic carbocycles. The van der Waals surface area contributed by atoms with Crippen molar-refractivity contribution in [2.24, 2.45) is 0 Å². The van der Waals surface area contributed by atoms with Crippen LogP contribution in [0.25, 0.3) is 11.4 Å². The summed E-state index contributed by atoms with van der Waals surface area (Å²) >= 11 is 0. The fourth-order valence-electron chi connectivity index (χ4n) is 3.07. The number of carbonyl (C=O) groups excluding carboxylic acids is 1. The van der Waals surface area contributed by atoms with E-state index in [9.17, 15) is 18.0 Å². The lowest BCUT2D eigenvalue weighted by Gasteiger charge is -2.15. The van der Waals surface area contributed by atoms with E-state index in [0.29, 0.717) is 23.2 Å². The average Bonchev–Trinajstić information content (AvgIpc) is 3.21. The van der Waals surface area contributed by atoms with E-state index in [-0.39, 0.29) is 18.7 Å². The standard InChI is InChI=1S/C23H24F3N3O2/c1-14(2)16-4-6-18(7-5-16)22-28-21(31-29-22)13-12-20(30)27-15(3)17-8-10-19(11-9-17)23(24,25)26/h4-11,14-15H,12-13H2,1-3H3,(H,27,30). The highest BCUT2D eigenvalue weighted by Crippen LogP contribution is 2.30. The zero-order valence-corrected chi connectivity index (χ0v) is 17.5. The van der Waals surface area contributed by atoms with Gasteiger partial charge in [-0.05, 0) is 36.1 Å². The third-order valence-electron chi connectivity index (χ3n) is 4.99. The minimum absolute atomic E-state index is 0.124. The molecule has 5 nitrogen and oxygen atoms in total. The number of nitrogens with one attached hydrogen (secondary N) is 1. The molecule has 1 unspecified atom stereocenters. The number of hydrogen-bond acceptors (Lipinski definition) is 4. The van der Waals surface area contributed by atoms with E-state index in [2.05, 4.69) is 29.3 Å². The highest BCUT2D eigenvalue weighted by atomic mass is 19.4. The van der Waals surface area contributed by atoms with Crippen molar-refractivity contribution in [3.63, 3.8) is 0 Å². The number of amides is 1. The van der Waals surface area contributed by atoms with Crippen LogP contribution in [0.4, 0.5) is 13.2 Å². The monoisotopic (exact) mass is 431 g/mol. The van der Waals surface area contributed by atoms with E-state index in [0.717, 1.165) is 17.7 Å². The predicted molar refractivity (Wildman–Crippen MR) is 110 cm³/mol. The summed E-state index contributed by atoms with van der Waals surface area (Å²) in [6.07, 6.45) is -3.99. The summed E-state index contributed by atoms with van der Waals surface area (Å²) in [6.45, 7) is 5.95. The molecule has 1 atom stereocenters. The van der Waals surface area contributed by atoms with Gasteiger partial charge < -0.3 is 9.84 Å². The highest BCUT2D eigenvalue weighted by molar-refractivity contribution is 5.76. The number of benzene rings is 2. The Hall–Kier alpha value is -3.16. The van der Waals surface area contributed by atoms with Crippen molar-refractivity contribution in [3.8, 4) is 11.4 Å². The fraction of sp³-hybridized carbons (Fsp3) is 0.348. The van der Waals surface area contributed by atoms with Gasteiger partial charge in [0.1, 0.15) is 0 Å². The summed E-state index contributed by atoms with van der Waals surface area (Å²) in [6, 6.07) is 12.2. The van der Waals surface area contributed by atoms with Crippen LogP contribution in [-0.4, -0.2) is 16.0 Å². The van der Waals surface area contributed by atoms with Crippen LogP contribution in [0.1, 0.15) is 61.7 Å². The van der Waals surface area contributed by atoms with E-state index in [4.69, 9.17) is 4.52 Å². The summed E-state index contributed by atoms with van der Waals surface area (Å²) < 4.78 is 43.2. The van der Waals surface area contributed by atoms with Gasteiger partial charge >= 0.3 is 6.18 Å². The van der Waals surface area contributed by atoms with Gasteiger partial charge in [0.05, 0.1) is 11.6 Å². The van der Waals surface area contributed by atoms with Gasteiger partial charge in [-0.25, -0.2) is 0 Å². The molecular formula is C23H24F3N3O2. The minimum Gasteiger partial charge on any atom is -0.350 e. The van der Waals surface area contributed by atoms with Crippen molar-refractivity contribution >= 4 is 5.91 Å². The lowest BCUT2D eigenvalue weighted by atomic mass is 10.0. The molecule has 1 aromatic heterocycles. The molecule has 3 rings (SSSR count). The van der Waals surface area contributed by atoms with Gasteiger partial charge in [0, 0.05) is 18.4 Å². The number of alkyl halides is 3. The summed E-state index contributed by atoms with van der Waals surface area (Å²) in [7, 11) is 0. The van der Waals surface area contributed by atoms with Crippen molar-refractivity contribution in [1.82, 2.24) is 15.5 Å². The molecule has 0 bridgehead atoms. The van der Waals surface area contributed by atoms with Gasteiger partial charge in [0.15, 0.2) is 0 Å². The molecule has 0 aliphatic heterocycles. The van der Waals surface area contributed by atoms with Crippen molar-refractivity contribution < 1.29 is 22.5 Å². The number of aromatic nitrogens is 2. The topological polar surface area (TPSA) is 68.0 Å². The Morgan fingerprint density at radius 3 is 2.19 bits per heavy atom. The Morgan fingerprint density at radius 2 is 1.61 bits per heavy atom. The van der Waals surface area contributed by atoms with Crippen LogP contribution >= 0.6 is 0 Å². The lowest BCUT2D eigenvalue weighted by molar-refractivity contribution is -0.137. The molecule has 0 spiro atoms. The maximum atomic E-state index is 12.7. The first kappa shape index (κ1) is 22.5. The average molecular weight is 431 g/mol. The zero-order valence-electron chi connectivity index (χ0n) is 17.5. The van der Waals surface area contributed by atoms with Crippen LogP contribution in [0.5, 0.6) is 0 Å². The number of halogens is 3. The molecule has 1 amide bonds. The summed E-state index contributed by atoms with van der Waals surface area (Å²) in [5.41, 5.74) is 1.91. The first-order valence-corrected chi connectivity index (χ1v) is 10.0. The maximum absolute atomic E-state index is 12.7. The Balaban J connectivity index is 1.53. The molecule has 1 heterocycles. The van der Waals surface area contributed by atoms with E-state index in [1.54, 1.807) is 6.92 Å². The van der Waals surface area contributed by atoms with E-state index in [1.165, 1.54) is 17.7 Å². The molecule has 0 aliphatic rings. The maximum Gasteiger partial charge on any atom is 0.416 e. The van der Waals surface area contributed by atoms with Crippen LogP contribution < -0.4 is 5.32 Å². The number of nitrogens with zero attached hydrogens (tertiary/aromatic N) is 2. The molecule has 1 N–H and O–H groups in total. The quantitative estimate of drug-likeness (QED) is 0.522. The Labute approximate surface area is 178 Å². The molecule has 0 aliphatic carbocycles. The minimum atomic E-state index is -4.38. The van der Waals surface area contributed by atoms with Crippen molar-refractivity contribution in [2.75, 3.05) is 0 Å². The van der Waals surface area contributed by atoms with Crippen molar-refractivity contribution in [3.05, 3.63) is 71.1 Å². The largest absolute Gasteiger partial charge is 0.416 e. The fourth-order valence-corrected chi connectivity index (χ4v) is 3.07. The van der Waals surface area contributed by atoms with Gasteiger partial charge in [-0.2, -0.15) is 18.2 Å². The first-order valence-electron chi connectivity index (χ1n) is 10.0. The van der Waals surface area contributed by atoms with Crippen LogP contribution in [0.15, 0.2) is 53.1 Å². The molecule has 31 heavy (non-hydrogen) atoms. The molecule has 0 saturated carbocycles. The Kier molecular flexibility index (Phi) is 6.77. The molecule has 0 saturated heterocycles. The summed E-state index contributed by atoms with van der Waals surface area (Å²) in [5, 5.41) is 6.74. The van der Waals surface area contributed by atoms with Crippen LogP contribution in [0, 0.1) is 0 Å². The van der Waals surface area contributed by atoms with Gasteiger partial charge in [-0.3, -0.25) is 4.79 Å². The summed E-state index contributed by atoms with van der Waals surface area (Å²) in [5.74, 6) is 0.982. The molecule has 3 aromatic rings. The lowest BCUT2D eigenvalue weighted by Crippen LogP contribution is -2.26. The first-order chi connectivity index (χ1) is 14.6. The van der Waals surface area contributed by atoms with E-state index in [1.807, 2.05) is 24.3 Å². The van der Waals surface area contributed by atoms with E-state index < -0.39 is 17.8 Å². The molecule has 8 heteroatoms. The van der Waals surface area contributed by atoms with Crippen LogP contribution in [0.3, 0.4) is 0 Å². The SMILES string of the molecule is CC(C)c1ccc(-c2noc(CCC(=O)NC(C)c3ccc(C(F)(F)F)cc3)n2)cc1. The van der Waals surface area contributed by atoms with E-state index >= 15 is 0 Å².